The predicted octanol–water partition coefficient (Wildman–Crippen LogP) is 1.32. The van der Waals surface area contributed by atoms with E-state index in [0.29, 0.717) is 5.82 Å². The highest BCUT2D eigenvalue weighted by atomic mass is 16.1. The third kappa shape index (κ3) is 1.61. The van der Waals surface area contributed by atoms with Crippen molar-refractivity contribution in [3.05, 3.63) is 47.0 Å². The van der Waals surface area contributed by atoms with Gasteiger partial charge in [-0.15, -0.1) is 0 Å². The van der Waals surface area contributed by atoms with Crippen LogP contribution >= 0.6 is 0 Å². The number of nitrogens with one attached hydrogen (secondary N) is 1. The average molecular weight is 226 g/mol. The van der Waals surface area contributed by atoms with Crippen LogP contribution in [-0.4, -0.2) is 19.7 Å². The molecule has 0 saturated heterocycles. The lowest BCUT2D eigenvalue weighted by Gasteiger charge is -1.99. The second-order valence-corrected chi connectivity index (χ2v) is 3.81. The van der Waals surface area contributed by atoms with Crippen LogP contribution in [0.3, 0.4) is 0 Å². The normalized spacial score (nSPS) is 10.9. The van der Waals surface area contributed by atoms with Crippen molar-refractivity contribution < 1.29 is 0 Å². The smallest absolute Gasteiger partial charge is 0.289 e. The first-order valence-electron chi connectivity index (χ1n) is 5.22. The number of hydrogen-bond donors (Lipinski definition) is 1. The van der Waals surface area contributed by atoms with Gasteiger partial charge in [-0.3, -0.25) is 9.97 Å². The first-order chi connectivity index (χ1) is 8.24. The molecule has 0 spiro atoms. The molecule has 1 aromatic carbocycles. The van der Waals surface area contributed by atoms with Gasteiger partial charge in [0.05, 0.1) is 5.52 Å². The van der Waals surface area contributed by atoms with E-state index >= 15 is 0 Å². The Kier molecular flexibility index (Phi) is 2.04. The fourth-order valence-electron chi connectivity index (χ4n) is 1.76. The Morgan fingerprint density at radius 2 is 2.18 bits per heavy atom. The van der Waals surface area contributed by atoms with Crippen molar-refractivity contribution in [2.45, 2.75) is 0 Å². The van der Waals surface area contributed by atoms with Gasteiger partial charge in [0.1, 0.15) is 0 Å². The molecule has 0 amide bonds. The summed E-state index contributed by atoms with van der Waals surface area (Å²) in [5, 5.41) is 5.14. The summed E-state index contributed by atoms with van der Waals surface area (Å²) in [7, 11) is 1.62. The summed E-state index contributed by atoms with van der Waals surface area (Å²) < 4.78 is 1.28. The van der Waals surface area contributed by atoms with Gasteiger partial charge in [0.25, 0.3) is 0 Å². The minimum Gasteiger partial charge on any atom is -0.289 e. The summed E-state index contributed by atoms with van der Waals surface area (Å²) in [4.78, 5) is 18.3. The molecule has 0 unspecified atom stereocenters. The molecule has 0 fully saturated rings. The largest absolute Gasteiger partial charge is 0.343 e. The summed E-state index contributed by atoms with van der Waals surface area (Å²) in [6, 6.07) is 9.63. The van der Waals surface area contributed by atoms with E-state index in [0.717, 1.165) is 16.5 Å². The number of H-pyrrole nitrogens is 1. The van der Waals surface area contributed by atoms with Crippen LogP contribution in [-0.2, 0) is 7.05 Å². The van der Waals surface area contributed by atoms with Crippen molar-refractivity contribution in [1.82, 2.24) is 19.7 Å². The minimum atomic E-state index is -0.216. The van der Waals surface area contributed by atoms with E-state index in [9.17, 15) is 4.79 Å². The predicted molar refractivity (Wildman–Crippen MR) is 64.6 cm³/mol. The molecule has 5 heteroatoms. The standard InChI is InChI=1S/C12H10N4O/c1-16-12(17)14-11(15-16)9-4-5-10-8(7-9)3-2-6-13-10/h2-7H,1H3,(H,14,15,17). The Morgan fingerprint density at radius 3 is 2.94 bits per heavy atom. The van der Waals surface area contributed by atoms with E-state index in [1.807, 2.05) is 30.3 Å². The topological polar surface area (TPSA) is 63.6 Å². The number of benzene rings is 1. The van der Waals surface area contributed by atoms with E-state index in [1.54, 1.807) is 13.2 Å². The molecule has 17 heavy (non-hydrogen) atoms. The van der Waals surface area contributed by atoms with Crippen LogP contribution in [0.5, 0.6) is 0 Å². The molecule has 3 aromatic rings. The molecule has 5 nitrogen and oxygen atoms in total. The summed E-state index contributed by atoms with van der Waals surface area (Å²) in [5.41, 5.74) is 1.59. The number of aromatic nitrogens is 4. The molecule has 84 valence electrons. The highest BCUT2D eigenvalue weighted by Crippen LogP contribution is 2.19. The molecular formula is C12H10N4O. The lowest BCUT2D eigenvalue weighted by Crippen LogP contribution is -2.13. The number of hydrogen-bond acceptors (Lipinski definition) is 3. The van der Waals surface area contributed by atoms with Crippen molar-refractivity contribution >= 4 is 10.9 Å². The lowest BCUT2D eigenvalue weighted by molar-refractivity contribution is 0.736. The molecule has 1 N–H and O–H groups in total. The monoisotopic (exact) mass is 226 g/mol. The van der Waals surface area contributed by atoms with E-state index in [2.05, 4.69) is 15.1 Å². The second kappa shape index (κ2) is 3.55. The van der Waals surface area contributed by atoms with Gasteiger partial charge in [-0.25, -0.2) is 9.48 Å². The van der Waals surface area contributed by atoms with E-state index < -0.39 is 0 Å². The number of aryl methyl sites for hydroxylation is 1. The Labute approximate surface area is 96.7 Å². The van der Waals surface area contributed by atoms with Crippen LogP contribution in [0.15, 0.2) is 41.3 Å². The number of nitrogens with zero attached hydrogens (tertiary/aromatic N) is 3. The Hall–Kier alpha value is -2.43. The molecule has 2 aromatic heterocycles. The molecule has 0 bridgehead atoms. The number of fused-ring (bicyclic) bond motifs is 1. The van der Waals surface area contributed by atoms with Crippen molar-refractivity contribution in [3.8, 4) is 11.4 Å². The first kappa shape index (κ1) is 9.77. The SMILES string of the molecule is Cn1nc(-c2ccc3ncccc3c2)[nH]c1=O. The fraction of sp³-hybridized carbons (Fsp3) is 0.0833. The fourth-order valence-corrected chi connectivity index (χ4v) is 1.76. The van der Waals surface area contributed by atoms with Crippen molar-refractivity contribution in [3.63, 3.8) is 0 Å². The molecule has 2 heterocycles. The highest BCUT2D eigenvalue weighted by Gasteiger charge is 2.05. The zero-order valence-electron chi connectivity index (χ0n) is 9.21. The van der Waals surface area contributed by atoms with Crippen molar-refractivity contribution in [2.24, 2.45) is 7.05 Å². The maximum absolute atomic E-state index is 11.3. The summed E-state index contributed by atoms with van der Waals surface area (Å²) in [6.45, 7) is 0. The highest BCUT2D eigenvalue weighted by molar-refractivity contribution is 5.82. The van der Waals surface area contributed by atoms with E-state index in [1.165, 1.54) is 4.68 Å². The molecule has 0 aliphatic heterocycles. The first-order valence-corrected chi connectivity index (χ1v) is 5.22. The molecule has 0 aliphatic rings. The van der Waals surface area contributed by atoms with Crippen LogP contribution in [0.25, 0.3) is 22.3 Å². The zero-order valence-corrected chi connectivity index (χ0v) is 9.21. The quantitative estimate of drug-likeness (QED) is 0.680. The Morgan fingerprint density at radius 1 is 1.29 bits per heavy atom. The second-order valence-electron chi connectivity index (χ2n) is 3.81. The summed E-state index contributed by atoms with van der Waals surface area (Å²) in [5.74, 6) is 0.572. The Bertz CT molecular complexity index is 741. The number of pyridine rings is 1. The van der Waals surface area contributed by atoms with Crippen LogP contribution < -0.4 is 5.69 Å². The van der Waals surface area contributed by atoms with Gasteiger partial charge >= 0.3 is 5.69 Å². The molecular weight excluding hydrogens is 216 g/mol. The summed E-state index contributed by atoms with van der Waals surface area (Å²) >= 11 is 0. The van der Waals surface area contributed by atoms with Gasteiger partial charge in [0.2, 0.25) is 0 Å². The van der Waals surface area contributed by atoms with Crippen LogP contribution in [0.2, 0.25) is 0 Å². The Balaban J connectivity index is 2.21. The van der Waals surface area contributed by atoms with Gasteiger partial charge in [0.15, 0.2) is 5.82 Å². The maximum Gasteiger partial charge on any atom is 0.343 e. The molecule has 3 rings (SSSR count). The number of aromatic amines is 1. The summed E-state index contributed by atoms with van der Waals surface area (Å²) in [6.07, 6.45) is 1.75. The van der Waals surface area contributed by atoms with Crippen LogP contribution in [0.4, 0.5) is 0 Å². The maximum atomic E-state index is 11.3. The minimum absolute atomic E-state index is 0.216. The molecule has 0 aliphatic carbocycles. The van der Waals surface area contributed by atoms with Crippen molar-refractivity contribution in [2.75, 3.05) is 0 Å². The van der Waals surface area contributed by atoms with E-state index in [-0.39, 0.29) is 5.69 Å². The average Bonchev–Trinajstić information content (AvgIpc) is 2.69. The van der Waals surface area contributed by atoms with Gasteiger partial charge in [-0.05, 0) is 24.3 Å². The zero-order chi connectivity index (χ0) is 11.8. The van der Waals surface area contributed by atoms with Crippen molar-refractivity contribution in [1.29, 1.82) is 0 Å². The number of rotatable bonds is 1. The van der Waals surface area contributed by atoms with Crippen LogP contribution in [0.1, 0.15) is 0 Å². The lowest BCUT2D eigenvalue weighted by atomic mass is 10.1. The van der Waals surface area contributed by atoms with E-state index in [4.69, 9.17) is 0 Å². The van der Waals surface area contributed by atoms with Crippen LogP contribution in [0, 0.1) is 0 Å². The molecule has 0 saturated carbocycles. The van der Waals surface area contributed by atoms with Gasteiger partial charge in [-0.2, -0.15) is 5.10 Å². The molecule has 0 radical (unpaired) electrons. The van der Waals surface area contributed by atoms with Gasteiger partial charge in [-0.1, -0.05) is 6.07 Å². The molecule has 0 atom stereocenters. The van der Waals surface area contributed by atoms with Gasteiger partial charge in [0, 0.05) is 24.2 Å². The third-order valence-corrected chi connectivity index (χ3v) is 2.65. The third-order valence-electron chi connectivity index (χ3n) is 2.65. The van der Waals surface area contributed by atoms with Gasteiger partial charge < -0.3 is 0 Å².